The summed E-state index contributed by atoms with van der Waals surface area (Å²) in [4.78, 5) is 29.8. The molecule has 0 spiro atoms. The zero-order chi connectivity index (χ0) is 22.0. The van der Waals surface area contributed by atoms with Crippen LogP contribution in [0.5, 0.6) is 0 Å². The number of benzene rings is 1. The van der Waals surface area contributed by atoms with Crippen molar-refractivity contribution in [2.75, 3.05) is 5.32 Å². The molecule has 1 unspecified atom stereocenters. The fourth-order valence-corrected chi connectivity index (χ4v) is 3.01. The van der Waals surface area contributed by atoms with Gasteiger partial charge in [-0.25, -0.2) is 9.78 Å². The summed E-state index contributed by atoms with van der Waals surface area (Å²) in [6, 6.07) is 13.4. The van der Waals surface area contributed by atoms with Gasteiger partial charge in [0.05, 0.1) is 34.2 Å². The van der Waals surface area contributed by atoms with Gasteiger partial charge in [-0.1, -0.05) is 17.3 Å². The number of hydrogen-bond acceptors (Lipinski definition) is 8. The second kappa shape index (κ2) is 8.12. The molecule has 0 aliphatic heterocycles. The van der Waals surface area contributed by atoms with Gasteiger partial charge >= 0.3 is 5.97 Å². The van der Waals surface area contributed by atoms with Crippen molar-refractivity contribution in [2.45, 2.75) is 20.0 Å². The summed E-state index contributed by atoms with van der Waals surface area (Å²) in [5.74, 6) is -0.888. The molecule has 3 aromatic heterocycles. The van der Waals surface area contributed by atoms with Crippen molar-refractivity contribution < 1.29 is 23.3 Å². The van der Waals surface area contributed by atoms with E-state index in [1.54, 1.807) is 43.3 Å². The van der Waals surface area contributed by atoms with Crippen LogP contribution in [0.4, 0.5) is 5.69 Å². The van der Waals surface area contributed by atoms with Crippen LogP contribution >= 0.6 is 0 Å². The molecule has 1 atom stereocenters. The highest BCUT2D eigenvalue weighted by molar-refractivity contribution is 6.05. The zero-order valence-corrected chi connectivity index (χ0v) is 16.6. The lowest BCUT2D eigenvalue weighted by Gasteiger charge is -2.14. The van der Waals surface area contributed by atoms with Gasteiger partial charge in [-0.2, -0.15) is 5.26 Å². The van der Waals surface area contributed by atoms with Gasteiger partial charge in [-0.05, 0) is 44.2 Å². The summed E-state index contributed by atoms with van der Waals surface area (Å²) in [6.45, 7) is 3.11. The first-order valence-electron chi connectivity index (χ1n) is 9.30. The highest BCUT2D eigenvalue weighted by Gasteiger charge is 2.25. The van der Waals surface area contributed by atoms with Crippen molar-refractivity contribution in [3.05, 3.63) is 65.5 Å². The molecule has 9 heteroatoms. The SMILES string of the molecule is Cc1noc2nc(-c3ccco3)cc(C(=O)OC(C)C(=O)Nc3ccccc3C#N)c12. The van der Waals surface area contributed by atoms with Crippen molar-refractivity contribution in [3.8, 4) is 17.5 Å². The predicted molar refractivity (Wildman–Crippen MR) is 109 cm³/mol. The largest absolute Gasteiger partial charge is 0.463 e. The van der Waals surface area contributed by atoms with Crippen molar-refractivity contribution in [1.29, 1.82) is 5.26 Å². The molecule has 1 N–H and O–H groups in total. The van der Waals surface area contributed by atoms with Gasteiger partial charge in [0.1, 0.15) is 11.8 Å². The van der Waals surface area contributed by atoms with Crippen LogP contribution in [0.3, 0.4) is 0 Å². The number of fused-ring (bicyclic) bond motifs is 1. The molecule has 0 aliphatic rings. The number of hydrogen-bond donors (Lipinski definition) is 1. The monoisotopic (exact) mass is 416 g/mol. The highest BCUT2D eigenvalue weighted by atomic mass is 16.5. The summed E-state index contributed by atoms with van der Waals surface area (Å²) in [5.41, 5.74) is 1.75. The zero-order valence-electron chi connectivity index (χ0n) is 16.6. The number of carbonyl (C=O) groups excluding carboxylic acids is 2. The third-order valence-electron chi connectivity index (χ3n) is 4.57. The Morgan fingerprint density at radius 3 is 2.77 bits per heavy atom. The molecule has 3 heterocycles. The number of para-hydroxylation sites is 1. The van der Waals surface area contributed by atoms with Gasteiger partial charge in [-0.15, -0.1) is 0 Å². The maximum atomic E-state index is 12.9. The molecule has 4 rings (SSSR count). The number of carbonyl (C=O) groups is 2. The minimum atomic E-state index is -1.13. The van der Waals surface area contributed by atoms with Crippen LogP contribution in [0.25, 0.3) is 22.6 Å². The quantitative estimate of drug-likeness (QED) is 0.485. The molecule has 9 nitrogen and oxygen atoms in total. The minimum absolute atomic E-state index is 0.146. The molecule has 0 fully saturated rings. The normalized spacial score (nSPS) is 11.6. The van der Waals surface area contributed by atoms with Gasteiger partial charge in [-0.3, -0.25) is 4.79 Å². The van der Waals surface area contributed by atoms with Crippen LogP contribution in [-0.2, 0) is 9.53 Å². The Balaban J connectivity index is 1.60. The van der Waals surface area contributed by atoms with E-state index in [1.807, 2.05) is 6.07 Å². The van der Waals surface area contributed by atoms with Crippen molar-refractivity contribution >= 4 is 28.7 Å². The van der Waals surface area contributed by atoms with E-state index in [2.05, 4.69) is 15.5 Å². The van der Waals surface area contributed by atoms with Crippen molar-refractivity contribution in [1.82, 2.24) is 10.1 Å². The van der Waals surface area contributed by atoms with Crippen molar-refractivity contribution in [3.63, 3.8) is 0 Å². The lowest BCUT2D eigenvalue weighted by molar-refractivity contribution is -0.123. The minimum Gasteiger partial charge on any atom is -0.463 e. The van der Waals surface area contributed by atoms with E-state index in [0.29, 0.717) is 33.8 Å². The van der Waals surface area contributed by atoms with Crippen LogP contribution < -0.4 is 5.32 Å². The number of rotatable bonds is 5. The van der Waals surface area contributed by atoms with E-state index < -0.39 is 18.0 Å². The van der Waals surface area contributed by atoms with Gasteiger partial charge in [0, 0.05) is 0 Å². The van der Waals surface area contributed by atoms with Crippen LogP contribution in [0.1, 0.15) is 28.5 Å². The Labute approximate surface area is 176 Å². The molecule has 31 heavy (non-hydrogen) atoms. The molecular formula is C22H16N4O5. The second-order valence-corrected chi connectivity index (χ2v) is 6.67. The van der Waals surface area contributed by atoms with Gasteiger partial charge in [0.25, 0.3) is 11.6 Å². The lowest BCUT2D eigenvalue weighted by atomic mass is 10.1. The number of anilines is 1. The number of aryl methyl sites for hydroxylation is 1. The summed E-state index contributed by atoms with van der Waals surface area (Å²) < 4.78 is 16.0. The van der Waals surface area contributed by atoms with Gasteiger partial charge in [0.2, 0.25) is 0 Å². The maximum Gasteiger partial charge on any atom is 0.339 e. The number of ether oxygens (including phenoxy) is 1. The number of nitrogens with zero attached hydrogens (tertiary/aromatic N) is 3. The molecule has 0 aliphatic carbocycles. The number of nitriles is 1. The topological polar surface area (TPSA) is 131 Å². The predicted octanol–water partition coefficient (Wildman–Crippen LogP) is 3.85. The van der Waals surface area contributed by atoms with Crippen LogP contribution in [0.2, 0.25) is 0 Å². The molecule has 4 aromatic rings. The summed E-state index contributed by atoms with van der Waals surface area (Å²) in [7, 11) is 0. The fraction of sp³-hybridized carbons (Fsp3) is 0.136. The molecule has 154 valence electrons. The van der Waals surface area contributed by atoms with E-state index in [0.717, 1.165) is 0 Å². The molecule has 0 radical (unpaired) electrons. The van der Waals surface area contributed by atoms with Gasteiger partial charge in [0.15, 0.2) is 11.9 Å². The number of pyridine rings is 1. The molecular weight excluding hydrogens is 400 g/mol. The number of furan rings is 1. The first kappa shape index (κ1) is 19.8. The van der Waals surface area contributed by atoms with Crippen molar-refractivity contribution in [2.24, 2.45) is 0 Å². The van der Waals surface area contributed by atoms with E-state index >= 15 is 0 Å². The summed E-state index contributed by atoms with van der Waals surface area (Å²) >= 11 is 0. The Bertz CT molecular complexity index is 1320. The first-order chi connectivity index (χ1) is 15.0. The second-order valence-electron chi connectivity index (χ2n) is 6.67. The van der Waals surface area contributed by atoms with E-state index in [1.165, 1.54) is 19.3 Å². The third kappa shape index (κ3) is 3.86. The standard InChI is InChI=1S/C22H16N4O5/c1-12-19-15(10-17(18-8-5-9-29-18)25-21(19)31-26-12)22(28)30-13(2)20(27)24-16-7-4-3-6-14(16)11-23/h3-10,13H,1-2H3,(H,24,27). The molecule has 1 aromatic carbocycles. The number of amides is 1. The van der Waals surface area contributed by atoms with E-state index in [4.69, 9.17) is 18.9 Å². The van der Waals surface area contributed by atoms with E-state index in [9.17, 15) is 9.59 Å². The Morgan fingerprint density at radius 2 is 2.03 bits per heavy atom. The fourth-order valence-electron chi connectivity index (χ4n) is 3.01. The molecule has 0 saturated carbocycles. The third-order valence-corrected chi connectivity index (χ3v) is 4.57. The first-order valence-corrected chi connectivity index (χ1v) is 9.30. The Hall–Kier alpha value is -4.45. The lowest BCUT2D eigenvalue weighted by Crippen LogP contribution is -2.30. The van der Waals surface area contributed by atoms with Crippen LogP contribution in [0.15, 0.2) is 57.7 Å². The summed E-state index contributed by atoms with van der Waals surface area (Å²) in [6.07, 6.45) is 0.353. The average Bonchev–Trinajstić information content (AvgIpc) is 3.44. The number of nitrogens with one attached hydrogen (secondary N) is 1. The van der Waals surface area contributed by atoms with Gasteiger partial charge < -0.3 is 19.0 Å². The number of aromatic nitrogens is 2. The summed E-state index contributed by atoms with van der Waals surface area (Å²) in [5, 5.41) is 16.0. The maximum absolute atomic E-state index is 12.9. The Kier molecular flexibility index (Phi) is 5.20. The van der Waals surface area contributed by atoms with E-state index in [-0.39, 0.29) is 11.3 Å². The molecule has 0 bridgehead atoms. The van der Waals surface area contributed by atoms with Crippen LogP contribution in [-0.4, -0.2) is 28.1 Å². The Morgan fingerprint density at radius 1 is 1.23 bits per heavy atom. The highest BCUT2D eigenvalue weighted by Crippen LogP contribution is 2.28. The van der Waals surface area contributed by atoms with Crippen LogP contribution in [0, 0.1) is 18.3 Å². The molecule has 0 saturated heterocycles. The molecule has 1 amide bonds. The number of esters is 1. The smallest absolute Gasteiger partial charge is 0.339 e. The average molecular weight is 416 g/mol.